The number of ether oxygens (including phenoxy) is 1. The second-order valence-corrected chi connectivity index (χ2v) is 6.10. The second kappa shape index (κ2) is 7.02. The number of carbonyl (C=O) groups is 1. The molecule has 0 aliphatic heterocycles. The summed E-state index contributed by atoms with van der Waals surface area (Å²) >= 11 is 0. The van der Waals surface area contributed by atoms with Crippen LogP contribution in [0.1, 0.15) is 32.0 Å². The zero-order valence-electron chi connectivity index (χ0n) is 13.3. The van der Waals surface area contributed by atoms with Gasteiger partial charge in [0.2, 0.25) is 0 Å². The Balaban J connectivity index is 1.84. The first-order valence-corrected chi connectivity index (χ1v) is 7.34. The minimum absolute atomic E-state index is 0.405. The zero-order chi connectivity index (χ0) is 16.0. The van der Waals surface area contributed by atoms with Crippen molar-refractivity contribution in [1.82, 2.24) is 10.3 Å². The molecule has 1 aromatic carbocycles. The van der Waals surface area contributed by atoms with Gasteiger partial charge in [0, 0.05) is 24.1 Å². The summed E-state index contributed by atoms with van der Waals surface area (Å²) in [6.07, 6.45) is 1.50. The lowest BCUT2D eigenvalue weighted by atomic mass is 10.2. The molecule has 1 amide bonds. The summed E-state index contributed by atoms with van der Waals surface area (Å²) in [5.41, 5.74) is 2.67. The lowest BCUT2D eigenvalue weighted by molar-refractivity contribution is 0.0523. The third kappa shape index (κ3) is 5.52. The van der Waals surface area contributed by atoms with Crippen LogP contribution in [0.5, 0.6) is 0 Å². The number of carbonyl (C=O) groups excluding carboxylic acids is 1. The van der Waals surface area contributed by atoms with Gasteiger partial charge in [0.25, 0.3) is 0 Å². The monoisotopic (exact) mass is 301 g/mol. The highest BCUT2D eigenvalue weighted by molar-refractivity contribution is 5.67. The first-order chi connectivity index (χ1) is 10.4. The van der Waals surface area contributed by atoms with E-state index in [9.17, 15) is 4.79 Å². The van der Waals surface area contributed by atoms with Crippen LogP contribution in [0.25, 0.3) is 0 Å². The fraction of sp³-hybridized carbons (Fsp3) is 0.353. The van der Waals surface area contributed by atoms with Crippen molar-refractivity contribution >= 4 is 11.8 Å². The predicted molar refractivity (Wildman–Crippen MR) is 87.6 cm³/mol. The predicted octanol–water partition coefficient (Wildman–Crippen LogP) is 3.65. The fourth-order valence-corrected chi connectivity index (χ4v) is 1.95. The number of aromatic amines is 1. The van der Waals surface area contributed by atoms with Crippen LogP contribution in [0.2, 0.25) is 0 Å². The van der Waals surface area contributed by atoms with Crippen LogP contribution in [0.4, 0.5) is 10.5 Å². The van der Waals surface area contributed by atoms with Crippen LogP contribution in [0.15, 0.2) is 42.6 Å². The van der Waals surface area contributed by atoms with Gasteiger partial charge in [-0.3, -0.25) is 0 Å². The summed E-state index contributed by atoms with van der Waals surface area (Å²) < 4.78 is 5.22. The molecule has 0 radical (unpaired) electrons. The summed E-state index contributed by atoms with van der Waals surface area (Å²) in [7, 11) is 0. The topological polar surface area (TPSA) is 66.2 Å². The molecule has 1 aromatic heterocycles. The molecule has 0 unspecified atom stereocenters. The van der Waals surface area contributed by atoms with Gasteiger partial charge in [-0.05, 0) is 50.6 Å². The second-order valence-electron chi connectivity index (χ2n) is 6.10. The number of alkyl carbamates (subject to hydrolysis) is 1. The average Bonchev–Trinajstić information content (AvgIpc) is 2.95. The largest absolute Gasteiger partial charge is 0.444 e. The molecule has 0 saturated heterocycles. The highest BCUT2D eigenvalue weighted by Crippen LogP contribution is 2.12. The molecule has 118 valence electrons. The van der Waals surface area contributed by atoms with Crippen LogP contribution in [-0.2, 0) is 17.8 Å². The normalized spacial score (nSPS) is 11.0. The maximum Gasteiger partial charge on any atom is 0.407 e. The Morgan fingerprint density at radius 2 is 2.00 bits per heavy atom. The van der Waals surface area contributed by atoms with E-state index < -0.39 is 11.7 Å². The van der Waals surface area contributed by atoms with E-state index in [0.29, 0.717) is 6.54 Å². The summed E-state index contributed by atoms with van der Waals surface area (Å²) in [5.74, 6) is 0. The van der Waals surface area contributed by atoms with E-state index >= 15 is 0 Å². The summed E-state index contributed by atoms with van der Waals surface area (Å²) in [4.78, 5) is 14.8. The number of hydrogen-bond acceptors (Lipinski definition) is 3. The quantitative estimate of drug-likeness (QED) is 0.789. The smallest absolute Gasteiger partial charge is 0.407 e. The van der Waals surface area contributed by atoms with Crippen molar-refractivity contribution in [1.29, 1.82) is 0 Å². The molecule has 5 nitrogen and oxygen atoms in total. The molecule has 2 rings (SSSR count). The van der Waals surface area contributed by atoms with Crippen molar-refractivity contribution in [2.45, 2.75) is 39.5 Å². The zero-order valence-corrected chi connectivity index (χ0v) is 13.3. The molecular formula is C17H23N3O2. The summed E-state index contributed by atoms with van der Waals surface area (Å²) in [6.45, 7) is 6.70. The average molecular weight is 301 g/mol. The Kier molecular flexibility index (Phi) is 5.09. The van der Waals surface area contributed by atoms with Crippen molar-refractivity contribution < 1.29 is 9.53 Å². The third-order valence-corrected chi connectivity index (χ3v) is 2.91. The van der Waals surface area contributed by atoms with E-state index in [1.165, 1.54) is 0 Å². The van der Waals surface area contributed by atoms with Crippen molar-refractivity contribution in [3.8, 4) is 0 Å². The van der Waals surface area contributed by atoms with Gasteiger partial charge in [0.05, 0.1) is 6.54 Å². The van der Waals surface area contributed by atoms with Gasteiger partial charge < -0.3 is 20.4 Å². The van der Waals surface area contributed by atoms with Crippen LogP contribution < -0.4 is 10.6 Å². The van der Waals surface area contributed by atoms with Crippen molar-refractivity contribution in [3.63, 3.8) is 0 Å². The van der Waals surface area contributed by atoms with Gasteiger partial charge in [-0.25, -0.2) is 4.79 Å². The maximum absolute atomic E-state index is 11.6. The van der Waals surface area contributed by atoms with Gasteiger partial charge in [-0.15, -0.1) is 0 Å². The summed E-state index contributed by atoms with van der Waals surface area (Å²) in [6, 6.07) is 11.9. The van der Waals surface area contributed by atoms with Gasteiger partial charge in [-0.1, -0.05) is 12.1 Å². The van der Waals surface area contributed by atoms with Crippen LogP contribution in [0, 0.1) is 0 Å². The Morgan fingerprint density at radius 3 is 2.68 bits per heavy atom. The van der Waals surface area contributed by atoms with Crippen LogP contribution in [-0.4, -0.2) is 16.7 Å². The molecule has 0 bridgehead atoms. The Labute approximate surface area is 131 Å². The van der Waals surface area contributed by atoms with Gasteiger partial charge in [-0.2, -0.15) is 0 Å². The van der Waals surface area contributed by atoms with E-state index in [0.717, 1.165) is 23.5 Å². The minimum atomic E-state index is -0.483. The molecule has 0 saturated carbocycles. The SMILES string of the molecule is CC(C)(C)OC(=O)NCc1cccc(NCc2ccc[nH]2)c1. The number of amides is 1. The molecule has 22 heavy (non-hydrogen) atoms. The standard InChI is InChI=1S/C17H23N3O2/c1-17(2,3)22-16(21)20-11-13-6-4-7-14(10-13)19-12-15-8-5-9-18-15/h4-10,18-19H,11-12H2,1-3H3,(H,20,21). The number of rotatable bonds is 5. The number of nitrogens with one attached hydrogen (secondary N) is 3. The first-order valence-electron chi connectivity index (χ1n) is 7.34. The molecule has 0 aliphatic rings. The van der Waals surface area contributed by atoms with E-state index in [4.69, 9.17) is 4.74 Å². The molecular weight excluding hydrogens is 278 g/mol. The molecule has 0 spiro atoms. The van der Waals surface area contributed by atoms with Crippen LogP contribution in [0.3, 0.4) is 0 Å². The van der Waals surface area contributed by atoms with Crippen LogP contribution >= 0.6 is 0 Å². The van der Waals surface area contributed by atoms with E-state index in [2.05, 4.69) is 15.6 Å². The first kappa shape index (κ1) is 15.9. The van der Waals surface area contributed by atoms with Gasteiger partial charge in [0.1, 0.15) is 5.60 Å². The van der Waals surface area contributed by atoms with E-state index in [1.807, 2.05) is 63.4 Å². The Morgan fingerprint density at radius 1 is 1.18 bits per heavy atom. The highest BCUT2D eigenvalue weighted by atomic mass is 16.6. The highest BCUT2D eigenvalue weighted by Gasteiger charge is 2.15. The third-order valence-electron chi connectivity index (χ3n) is 2.91. The fourth-order valence-electron chi connectivity index (χ4n) is 1.95. The number of aromatic nitrogens is 1. The van der Waals surface area contributed by atoms with Gasteiger partial charge in [0.15, 0.2) is 0 Å². The van der Waals surface area contributed by atoms with Gasteiger partial charge >= 0.3 is 6.09 Å². The van der Waals surface area contributed by atoms with Crippen molar-refractivity contribution in [2.75, 3.05) is 5.32 Å². The minimum Gasteiger partial charge on any atom is -0.444 e. The van der Waals surface area contributed by atoms with Crippen molar-refractivity contribution in [3.05, 3.63) is 53.9 Å². The van der Waals surface area contributed by atoms with E-state index in [-0.39, 0.29) is 0 Å². The Hall–Kier alpha value is -2.43. The molecule has 1 heterocycles. The number of anilines is 1. The van der Waals surface area contributed by atoms with Crippen molar-refractivity contribution in [2.24, 2.45) is 0 Å². The molecule has 0 aliphatic carbocycles. The van der Waals surface area contributed by atoms with E-state index in [1.54, 1.807) is 0 Å². The number of hydrogen-bond donors (Lipinski definition) is 3. The lowest BCUT2D eigenvalue weighted by Gasteiger charge is -2.19. The number of benzene rings is 1. The molecule has 3 N–H and O–H groups in total. The lowest BCUT2D eigenvalue weighted by Crippen LogP contribution is -2.32. The summed E-state index contributed by atoms with van der Waals surface area (Å²) in [5, 5.41) is 6.10. The molecule has 0 atom stereocenters. The molecule has 5 heteroatoms. The Bertz CT molecular complexity index is 601. The number of H-pyrrole nitrogens is 1. The molecule has 0 fully saturated rings. The maximum atomic E-state index is 11.6. The molecule has 2 aromatic rings.